The highest BCUT2D eigenvalue weighted by Crippen LogP contribution is 2.17. The van der Waals surface area contributed by atoms with E-state index < -0.39 is 32.7 Å². The Morgan fingerprint density at radius 2 is 1.64 bits per heavy atom. The first-order chi connectivity index (χ1) is 10.4. The molecule has 118 valence electrons. The van der Waals surface area contributed by atoms with E-state index in [2.05, 4.69) is 4.72 Å². The van der Waals surface area contributed by atoms with Gasteiger partial charge in [0.15, 0.2) is 0 Å². The largest absolute Gasteiger partial charge is 0.388 e. The lowest BCUT2D eigenvalue weighted by Crippen LogP contribution is -2.26. The number of benzene rings is 2. The van der Waals surface area contributed by atoms with Crippen molar-refractivity contribution < 1.29 is 22.3 Å². The number of aliphatic hydroxyl groups excluding tert-OH is 1. The molecule has 7 heteroatoms. The third kappa shape index (κ3) is 4.33. The zero-order chi connectivity index (χ0) is 16.2. The van der Waals surface area contributed by atoms with Gasteiger partial charge in [-0.05, 0) is 24.1 Å². The first-order valence-corrected chi connectivity index (χ1v) is 8.05. The summed E-state index contributed by atoms with van der Waals surface area (Å²) in [5.41, 5.74) is 0.665. The molecule has 4 nitrogen and oxygen atoms in total. The van der Waals surface area contributed by atoms with E-state index in [1.54, 1.807) is 30.3 Å². The number of nitrogens with one attached hydrogen (secondary N) is 1. The van der Waals surface area contributed by atoms with E-state index in [0.717, 1.165) is 12.1 Å². The molecule has 0 fully saturated rings. The summed E-state index contributed by atoms with van der Waals surface area (Å²) in [5, 5.41) is 9.92. The number of sulfonamides is 1. The lowest BCUT2D eigenvalue weighted by molar-refractivity contribution is 0.169. The number of hydrogen-bond donors (Lipinski definition) is 2. The van der Waals surface area contributed by atoms with Crippen LogP contribution in [-0.4, -0.2) is 20.1 Å². The van der Waals surface area contributed by atoms with E-state index in [4.69, 9.17) is 0 Å². The summed E-state index contributed by atoms with van der Waals surface area (Å²) in [5.74, 6) is -1.94. The second-order valence-electron chi connectivity index (χ2n) is 4.72. The summed E-state index contributed by atoms with van der Waals surface area (Å²) in [4.78, 5) is -0.487. The van der Waals surface area contributed by atoms with Crippen molar-refractivity contribution >= 4 is 10.0 Å². The van der Waals surface area contributed by atoms with E-state index in [-0.39, 0.29) is 13.0 Å². The van der Waals surface area contributed by atoms with Gasteiger partial charge in [-0.15, -0.1) is 0 Å². The Morgan fingerprint density at radius 1 is 1.05 bits per heavy atom. The minimum Gasteiger partial charge on any atom is -0.388 e. The van der Waals surface area contributed by atoms with Crippen molar-refractivity contribution in [2.24, 2.45) is 0 Å². The van der Waals surface area contributed by atoms with Gasteiger partial charge in [-0.1, -0.05) is 30.3 Å². The Morgan fingerprint density at radius 3 is 2.23 bits per heavy atom. The summed E-state index contributed by atoms with van der Waals surface area (Å²) < 4.78 is 52.2. The van der Waals surface area contributed by atoms with Crippen LogP contribution in [-0.2, 0) is 10.0 Å². The van der Waals surface area contributed by atoms with Gasteiger partial charge in [0.25, 0.3) is 0 Å². The topological polar surface area (TPSA) is 66.4 Å². The minimum absolute atomic E-state index is 0.0590. The van der Waals surface area contributed by atoms with Gasteiger partial charge < -0.3 is 5.11 Å². The summed E-state index contributed by atoms with van der Waals surface area (Å²) in [7, 11) is -4.02. The Balaban J connectivity index is 1.98. The summed E-state index contributed by atoms with van der Waals surface area (Å²) in [6.45, 7) is -0.0590. The van der Waals surface area contributed by atoms with Gasteiger partial charge in [0.2, 0.25) is 10.0 Å². The van der Waals surface area contributed by atoms with Gasteiger partial charge in [-0.3, -0.25) is 0 Å². The fourth-order valence-electron chi connectivity index (χ4n) is 1.94. The van der Waals surface area contributed by atoms with Gasteiger partial charge in [0.1, 0.15) is 11.6 Å². The predicted molar refractivity (Wildman–Crippen MR) is 77.6 cm³/mol. The van der Waals surface area contributed by atoms with E-state index in [1.165, 1.54) is 0 Å². The molecule has 0 aliphatic carbocycles. The highest BCUT2D eigenvalue weighted by Gasteiger charge is 2.17. The standard InChI is InChI=1S/C15H15F2NO3S/c16-12-8-13(17)10-14(9-12)22(20,21)18-7-6-15(19)11-4-2-1-3-5-11/h1-5,8-10,15,18-19H,6-7H2/t15-/m0/s1. The van der Waals surface area contributed by atoms with Crippen LogP contribution >= 0.6 is 0 Å². The highest BCUT2D eigenvalue weighted by atomic mass is 32.2. The maximum atomic E-state index is 13.1. The van der Waals surface area contributed by atoms with Gasteiger partial charge >= 0.3 is 0 Å². The van der Waals surface area contributed by atoms with E-state index in [1.807, 2.05) is 0 Å². The molecule has 0 saturated carbocycles. The van der Waals surface area contributed by atoms with Crippen LogP contribution in [0.3, 0.4) is 0 Å². The first kappa shape index (κ1) is 16.5. The smallest absolute Gasteiger partial charge is 0.240 e. The van der Waals surface area contributed by atoms with Crippen LogP contribution in [0.15, 0.2) is 53.4 Å². The van der Waals surface area contributed by atoms with Gasteiger partial charge in [-0.2, -0.15) is 0 Å². The fraction of sp³-hybridized carbons (Fsp3) is 0.200. The summed E-state index contributed by atoms with van der Waals surface area (Å²) >= 11 is 0. The molecule has 0 unspecified atom stereocenters. The molecule has 0 heterocycles. The van der Waals surface area contributed by atoms with Gasteiger partial charge in [-0.25, -0.2) is 21.9 Å². The number of rotatable bonds is 6. The molecule has 2 N–H and O–H groups in total. The molecule has 0 bridgehead atoms. The molecule has 22 heavy (non-hydrogen) atoms. The Labute approximate surface area is 127 Å². The van der Waals surface area contributed by atoms with E-state index >= 15 is 0 Å². The van der Waals surface area contributed by atoms with Crippen molar-refractivity contribution in [3.05, 3.63) is 65.7 Å². The second kappa shape index (κ2) is 6.95. The number of hydrogen-bond acceptors (Lipinski definition) is 3. The number of halogens is 2. The minimum atomic E-state index is -4.02. The molecule has 0 amide bonds. The van der Waals surface area contributed by atoms with Crippen LogP contribution < -0.4 is 4.72 Å². The molecule has 0 saturated heterocycles. The van der Waals surface area contributed by atoms with Gasteiger partial charge in [0.05, 0.1) is 11.0 Å². The molecule has 2 aromatic carbocycles. The molecule has 2 aromatic rings. The third-order valence-corrected chi connectivity index (χ3v) is 4.48. The molecule has 0 radical (unpaired) electrons. The van der Waals surface area contributed by atoms with Crippen molar-refractivity contribution in [2.45, 2.75) is 17.4 Å². The van der Waals surface area contributed by atoms with Crippen molar-refractivity contribution in [1.29, 1.82) is 0 Å². The average Bonchev–Trinajstić information content (AvgIpc) is 2.47. The van der Waals surface area contributed by atoms with Crippen LogP contribution in [0.1, 0.15) is 18.1 Å². The molecule has 0 aliphatic rings. The fourth-order valence-corrected chi connectivity index (χ4v) is 3.03. The number of aliphatic hydroxyl groups is 1. The van der Waals surface area contributed by atoms with E-state index in [9.17, 15) is 22.3 Å². The molecule has 0 aliphatic heterocycles. The maximum absolute atomic E-state index is 13.1. The van der Waals surface area contributed by atoms with Crippen LogP contribution in [0.2, 0.25) is 0 Å². The Bertz CT molecular complexity index is 715. The summed E-state index contributed by atoms with van der Waals surface area (Å²) in [6.07, 6.45) is -0.686. The molecule has 0 aromatic heterocycles. The molecular weight excluding hydrogens is 312 g/mol. The van der Waals surface area contributed by atoms with Crippen molar-refractivity contribution in [1.82, 2.24) is 4.72 Å². The zero-order valence-electron chi connectivity index (χ0n) is 11.5. The van der Waals surface area contributed by atoms with Crippen LogP contribution in [0.25, 0.3) is 0 Å². The molecule has 1 atom stereocenters. The van der Waals surface area contributed by atoms with Crippen LogP contribution in [0.4, 0.5) is 8.78 Å². The zero-order valence-corrected chi connectivity index (χ0v) is 12.4. The SMILES string of the molecule is O=S(=O)(NCC[C@H](O)c1ccccc1)c1cc(F)cc(F)c1. The lowest BCUT2D eigenvalue weighted by atomic mass is 10.1. The normalized spacial score (nSPS) is 13.0. The van der Waals surface area contributed by atoms with Crippen molar-refractivity contribution in [3.8, 4) is 0 Å². The Hall–Kier alpha value is -1.83. The lowest BCUT2D eigenvalue weighted by Gasteiger charge is -2.12. The van der Waals surface area contributed by atoms with E-state index in [0.29, 0.717) is 11.6 Å². The monoisotopic (exact) mass is 327 g/mol. The molecule has 2 rings (SSSR count). The predicted octanol–water partition coefficient (Wildman–Crippen LogP) is 2.37. The maximum Gasteiger partial charge on any atom is 0.240 e. The molecule has 0 spiro atoms. The van der Waals surface area contributed by atoms with Crippen molar-refractivity contribution in [3.63, 3.8) is 0 Å². The summed E-state index contributed by atoms with van der Waals surface area (Å²) in [6, 6.07) is 10.8. The highest BCUT2D eigenvalue weighted by molar-refractivity contribution is 7.89. The van der Waals surface area contributed by atoms with Crippen molar-refractivity contribution in [2.75, 3.05) is 6.54 Å². The second-order valence-corrected chi connectivity index (χ2v) is 6.49. The van der Waals surface area contributed by atoms with Gasteiger partial charge in [0, 0.05) is 12.6 Å². The van der Waals surface area contributed by atoms with Crippen LogP contribution in [0, 0.1) is 11.6 Å². The Kier molecular flexibility index (Phi) is 5.23. The first-order valence-electron chi connectivity index (χ1n) is 6.57. The van der Waals surface area contributed by atoms with Crippen LogP contribution in [0.5, 0.6) is 0 Å². The molecular formula is C15H15F2NO3S. The third-order valence-electron chi connectivity index (χ3n) is 3.04. The quantitative estimate of drug-likeness (QED) is 0.856. The average molecular weight is 327 g/mol.